The van der Waals surface area contributed by atoms with Crippen LogP contribution in [0, 0.1) is 41.5 Å². The Bertz CT molecular complexity index is 950. The van der Waals surface area contributed by atoms with E-state index in [4.69, 9.17) is 0 Å². The van der Waals surface area contributed by atoms with Crippen LogP contribution in [0.2, 0.25) is 0 Å². The predicted octanol–water partition coefficient (Wildman–Crippen LogP) is 4.87. The summed E-state index contributed by atoms with van der Waals surface area (Å²) in [4.78, 5) is 0. The van der Waals surface area contributed by atoms with Crippen molar-refractivity contribution in [3.63, 3.8) is 0 Å². The number of hydrogen-bond acceptors (Lipinski definition) is 1. The van der Waals surface area contributed by atoms with E-state index < -0.39 is 0 Å². The molecule has 0 aliphatic carbocycles. The van der Waals surface area contributed by atoms with Crippen LogP contribution >= 0.6 is 0 Å². The molecule has 3 rings (SSSR count). The molecule has 0 atom stereocenters. The maximum Gasteiger partial charge on any atom is 0.331 e. The Labute approximate surface area is 156 Å². The first-order valence-corrected chi connectivity index (χ1v) is 9.25. The van der Waals surface area contributed by atoms with Gasteiger partial charge in [-0.1, -0.05) is 42.3 Å². The van der Waals surface area contributed by atoms with Gasteiger partial charge in [0.25, 0.3) is 6.33 Å². The average Bonchev–Trinajstić information content (AvgIpc) is 2.82. The SMILES string of the molecule is CCc1c(O)[n+](-c2c(C)cc(C)cc2C)cn1-c1c(C)cc(C)cc1C. The molecule has 1 aromatic heterocycles. The third-order valence-electron chi connectivity index (χ3n) is 5.10. The summed E-state index contributed by atoms with van der Waals surface area (Å²) in [5.74, 6) is 0.321. The normalized spacial score (nSPS) is 11.2. The number of rotatable bonds is 3. The third-order valence-corrected chi connectivity index (χ3v) is 5.10. The molecule has 0 saturated carbocycles. The standard InChI is InChI=1S/C23H28N2O/c1-8-20-23(26)25(22-18(6)11-15(3)12-19(22)7)13-24(20)21-16(4)9-14(2)10-17(21)5/h9-13H,8H2,1-7H3/p+1. The van der Waals surface area contributed by atoms with Crippen LogP contribution in [0.15, 0.2) is 30.6 Å². The molecule has 1 heterocycles. The van der Waals surface area contributed by atoms with Gasteiger partial charge in [-0.3, -0.25) is 0 Å². The van der Waals surface area contributed by atoms with Crippen molar-refractivity contribution in [1.29, 1.82) is 0 Å². The van der Waals surface area contributed by atoms with Crippen LogP contribution in [0.25, 0.3) is 11.4 Å². The van der Waals surface area contributed by atoms with Crippen LogP contribution in [-0.4, -0.2) is 9.67 Å². The molecule has 3 heteroatoms. The zero-order valence-electron chi connectivity index (χ0n) is 16.9. The quantitative estimate of drug-likeness (QED) is 0.671. The number of aryl methyl sites for hydroxylation is 6. The van der Waals surface area contributed by atoms with E-state index >= 15 is 0 Å². The predicted molar refractivity (Wildman–Crippen MR) is 107 cm³/mol. The van der Waals surface area contributed by atoms with Crippen LogP contribution in [0.4, 0.5) is 0 Å². The molecule has 0 aliphatic heterocycles. The van der Waals surface area contributed by atoms with Crippen molar-refractivity contribution < 1.29 is 9.67 Å². The summed E-state index contributed by atoms with van der Waals surface area (Å²) in [6.07, 6.45) is 2.79. The van der Waals surface area contributed by atoms with Gasteiger partial charge in [-0.2, -0.15) is 9.13 Å². The lowest BCUT2D eigenvalue weighted by Gasteiger charge is -2.09. The van der Waals surface area contributed by atoms with Crippen molar-refractivity contribution in [1.82, 2.24) is 4.57 Å². The van der Waals surface area contributed by atoms with E-state index in [0.29, 0.717) is 5.88 Å². The summed E-state index contributed by atoms with van der Waals surface area (Å²) >= 11 is 0. The molecule has 0 unspecified atom stereocenters. The average molecular weight is 349 g/mol. The van der Waals surface area contributed by atoms with Gasteiger partial charge in [0.1, 0.15) is 11.4 Å². The molecule has 0 bridgehead atoms. The van der Waals surface area contributed by atoms with Gasteiger partial charge in [-0.25, -0.2) is 0 Å². The summed E-state index contributed by atoms with van der Waals surface area (Å²) in [6.45, 7) is 14.8. The number of imidazole rings is 1. The summed E-state index contributed by atoms with van der Waals surface area (Å²) in [5.41, 5.74) is 10.4. The van der Waals surface area contributed by atoms with Crippen molar-refractivity contribution in [3.05, 3.63) is 69.7 Å². The Balaban J connectivity index is 2.32. The van der Waals surface area contributed by atoms with E-state index in [1.54, 1.807) is 0 Å². The lowest BCUT2D eigenvalue weighted by molar-refractivity contribution is -0.603. The van der Waals surface area contributed by atoms with E-state index in [1.165, 1.54) is 33.4 Å². The Kier molecular flexibility index (Phi) is 4.66. The minimum absolute atomic E-state index is 0.321. The fourth-order valence-electron chi connectivity index (χ4n) is 4.28. The molecule has 0 fully saturated rings. The van der Waals surface area contributed by atoms with E-state index in [9.17, 15) is 5.11 Å². The Morgan fingerprint density at radius 3 is 1.73 bits per heavy atom. The highest BCUT2D eigenvalue weighted by atomic mass is 16.3. The van der Waals surface area contributed by atoms with Crippen LogP contribution in [-0.2, 0) is 6.42 Å². The van der Waals surface area contributed by atoms with Crippen LogP contribution in [0.3, 0.4) is 0 Å². The Morgan fingerprint density at radius 1 is 0.808 bits per heavy atom. The molecule has 3 aromatic rings. The Hall–Kier alpha value is -2.55. The van der Waals surface area contributed by atoms with Crippen LogP contribution in [0.1, 0.15) is 46.0 Å². The van der Waals surface area contributed by atoms with Gasteiger partial charge in [0.05, 0.1) is 0 Å². The second-order valence-electron chi connectivity index (χ2n) is 7.47. The van der Waals surface area contributed by atoms with Gasteiger partial charge >= 0.3 is 5.88 Å². The second kappa shape index (κ2) is 6.64. The van der Waals surface area contributed by atoms with E-state index in [1.807, 2.05) is 10.9 Å². The molecule has 0 amide bonds. The van der Waals surface area contributed by atoms with Gasteiger partial charge in [0, 0.05) is 6.42 Å². The lowest BCUT2D eigenvalue weighted by atomic mass is 10.0. The fraction of sp³-hybridized carbons (Fsp3) is 0.348. The van der Waals surface area contributed by atoms with Crippen LogP contribution in [0.5, 0.6) is 5.88 Å². The fourth-order valence-corrected chi connectivity index (χ4v) is 4.28. The van der Waals surface area contributed by atoms with Crippen molar-refractivity contribution >= 4 is 0 Å². The smallest absolute Gasteiger partial charge is 0.331 e. The minimum atomic E-state index is 0.321. The maximum absolute atomic E-state index is 11.0. The zero-order valence-corrected chi connectivity index (χ0v) is 16.9. The van der Waals surface area contributed by atoms with Crippen molar-refractivity contribution in [2.75, 3.05) is 0 Å². The van der Waals surface area contributed by atoms with Gasteiger partial charge in [-0.05, 0) is 63.8 Å². The van der Waals surface area contributed by atoms with Crippen molar-refractivity contribution in [2.45, 2.75) is 54.9 Å². The van der Waals surface area contributed by atoms with Gasteiger partial charge < -0.3 is 5.11 Å². The molecule has 0 aliphatic rings. The highest BCUT2D eigenvalue weighted by Crippen LogP contribution is 2.28. The topological polar surface area (TPSA) is 29.0 Å². The first kappa shape index (κ1) is 18.2. The highest BCUT2D eigenvalue weighted by Gasteiger charge is 2.27. The molecule has 136 valence electrons. The Morgan fingerprint density at radius 2 is 1.27 bits per heavy atom. The molecule has 1 N–H and O–H groups in total. The largest absolute Gasteiger partial charge is 0.475 e. The van der Waals surface area contributed by atoms with E-state index in [0.717, 1.165) is 23.5 Å². The number of benzene rings is 2. The van der Waals surface area contributed by atoms with Crippen molar-refractivity contribution in [3.8, 4) is 17.3 Å². The lowest BCUT2D eigenvalue weighted by Crippen LogP contribution is -2.31. The summed E-state index contributed by atoms with van der Waals surface area (Å²) in [5, 5.41) is 11.0. The van der Waals surface area contributed by atoms with Gasteiger partial charge in [0.15, 0.2) is 5.69 Å². The van der Waals surface area contributed by atoms with Gasteiger partial charge in [-0.15, -0.1) is 0 Å². The van der Waals surface area contributed by atoms with E-state index in [2.05, 4.69) is 77.3 Å². The molecule has 2 aromatic carbocycles. The number of aromatic nitrogens is 2. The van der Waals surface area contributed by atoms with Gasteiger partial charge in [0.2, 0.25) is 0 Å². The first-order valence-electron chi connectivity index (χ1n) is 9.25. The second-order valence-corrected chi connectivity index (χ2v) is 7.47. The summed E-state index contributed by atoms with van der Waals surface area (Å²) < 4.78 is 4.08. The van der Waals surface area contributed by atoms with Crippen LogP contribution < -0.4 is 4.57 Å². The first-order chi connectivity index (χ1) is 12.2. The minimum Gasteiger partial charge on any atom is -0.475 e. The maximum atomic E-state index is 11.0. The molecular formula is C23H29N2O+. The molecule has 0 saturated heterocycles. The monoisotopic (exact) mass is 349 g/mol. The molecule has 26 heavy (non-hydrogen) atoms. The van der Waals surface area contributed by atoms with E-state index in [-0.39, 0.29) is 0 Å². The number of aromatic hydroxyl groups is 1. The summed E-state index contributed by atoms with van der Waals surface area (Å²) in [6, 6.07) is 8.73. The third kappa shape index (κ3) is 2.92. The molecule has 0 spiro atoms. The van der Waals surface area contributed by atoms with Crippen molar-refractivity contribution in [2.24, 2.45) is 0 Å². The number of hydrogen-bond donors (Lipinski definition) is 1. The zero-order chi connectivity index (χ0) is 19.2. The molecular weight excluding hydrogens is 320 g/mol. The molecule has 0 radical (unpaired) electrons. The number of nitrogens with zero attached hydrogens (tertiary/aromatic N) is 2. The summed E-state index contributed by atoms with van der Waals surface area (Å²) in [7, 11) is 0. The molecule has 3 nitrogen and oxygen atoms in total. The highest BCUT2D eigenvalue weighted by molar-refractivity contribution is 5.51.